The van der Waals surface area contributed by atoms with E-state index in [0.29, 0.717) is 34.5 Å². The van der Waals surface area contributed by atoms with E-state index in [4.69, 9.17) is 25.8 Å². The molecule has 2 fully saturated rings. The van der Waals surface area contributed by atoms with Crippen LogP contribution in [-0.4, -0.2) is 77.4 Å². The summed E-state index contributed by atoms with van der Waals surface area (Å²) in [5.74, 6) is 0. The smallest absolute Gasteiger partial charge is 0.296 e. The molecule has 2 saturated heterocycles. The largest absolute Gasteiger partial charge is 0.456 e. The highest BCUT2D eigenvalue weighted by molar-refractivity contribution is 6.33. The molecule has 2 aliphatic rings. The number of aromatic amines is 1. The first kappa shape index (κ1) is 22.3. The molecule has 4 atom stereocenters. The molecular formula is C25H20ClN7O4. The SMILES string of the molecule is O[C@@H]1CO[C@H]2C1OC[C@H]2Oc1nc2nc(-c3ccc(-c4ccc(-n5cncn5)cn4)cc3)c(Cl)cc2[nH]1. The first-order valence-corrected chi connectivity index (χ1v) is 12.1. The zero-order chi connectivity index (χ0) is 24.9. The summed E-state index contributed by atoms with van der Waals surface area (Å²) in [5.41, 5.74) is 5.21. The van der Waals surface area contributed by atoms with Crippen molar-refractivity contribution in [1.29, 1.82) is 0 Å². The van der Waals surface area contributed by atoms with Gasteiger partial charge in [0.15, 0.2) is 11.8 Å². The fourth-order valence-corrected chi connectivity index (χ4v) is 4.94. The minimum Gasteiger partial charge on any atom is -0.456 e. The lowest BCUT2D eigenvalue weighted by Gasteiger charge is -2.15. The lowest BCUT2D eigenvalue weighted by Crippen LogP contribution is -2.34. The number of aliphatic hydroxyl groups excluding tert-OH is 1. The second-order valence-corrected chi connectivity index (χ2v) is 9.28. The maximum Gasteiger partial charge on any atom is 0.296 e. The second-order valence-electron chi connectivity index (χ2n) is 8.87. The van der Waals surface area contributed by atoms with Crippen molar-refractivity contribution >= 4 is 22.8 Å². The number of H-pyrrole nitrogens is 1. The first-order chi connectivity index (χ1) is 18.1. The molecule has 7 rings (SSSR count). The van der Waals surface area contributed by atoms with Crippen LogP contribution in [0.3, 0.4) is 0 Å². The van der Waals surface area contributed by atoms with E-state index >= 15 is 0 Å². The number of rotatable bonds is 5. The summed E-state index contributed by atoms with van der Waals surface area (Å²) in [4.78, 5) is 20.8. The number of hydrogen-bond acceptors (Lipinski definition) is 9. The third-order valence-corrected chi connectivity index (χ3v) is 6.82. The van der Waals surface area contributed by atoms with Crippen LogP contribution in [-0.2, 0) is 9.47 Å². The van der Waals surface area contributed by atoms with E-state index in [1.807, 2.05) is 36.4 Å². The standard InChI is InChI=1S/C25H20ClN7O4/c26-16-7-18-24(32-25(30-18)37-20-10-36-22-19(34)9-35-23(20)22)31-21(16)14-3-1-13(2-4-14)17-6-5-15(8-28-17)33-12-27-11-29-33/h1-8,11-12,19-20,22-23,34H,9-10H2,(H,30,31,32)/t19-,20-,22?,23-/m1/s1. The molecule has 1 unspecified atom stereocenters. The minimum absolute atomic E-state index is 0.235. The minimum atomic E-state index is -0.640. The van der Waals surface area contributed by atoms with Crippen LogP contribution in [0.25, 0.3) is 39.4 Å². The van der Waals surface area contributed by atoms with Crippen LogP contribution in [0, 0.1) is 0 Å². The molecule has 4 aromatic heterocycles. The van der Waals surface area contributed by atoms with Gasteiger partial charge in [0.2, 0.25) is 0 Å². The second kappa shape index (κ2) is 8.89. The van der Waals surface area contributed by atoms with Gasteiger partial charge in [0.05, 0.1) is 47.0 Å². The van der Waals surface area contributed by atoms with Crippen LogP contribution in [0.4, 0.5) is 0 Å². The summed E-state index contributed by atoms with van der Waals surface area (Å²) < 4.78 is 18.9. The van der Waals surface area contributed by atoms with Crippen LogP contribution in [0.2, 0.25) is 5.02 Å². The molecule has 2 N–H and O–H groups in total. The van der Waals surface area contributed by atoms with Crippen molar-refractivity contribution in [2.45, 2.75) is 24.4 Å². The van der Waals surface area contributed by atoms with Crippen LogP contribution < -0.4 is 4.74 Å². The fraction of sp³-hybridized carbons (Fsp3) is 0.240. The van der Waals surface area contributed by atoms with Crippen LogP contribution in [0.1, 0.15) is 0 Å². The van der Waals surface area contributed by atoms with Crippen molar-refractivity contribution in [2.24, 2.45) is 0 Å². The molecule has 0 spiro atoms. The molecule has 2 aliphatic heterocycles. The summed E-state index contributed by atoms with van der Waals surface area (Å²) >= 11 is 6.58. The summed E-state index contributed by atoms with van der Waals surface area (Å²) in [6.45, 7) is 0.548. The number of benzene rings is 1. The maximum absolute atomic E-state index is 9.93. The molecule has 0 saturated carbocycles. The predicted molar refractivity (Wildman–Crippen MR) is 132 cm³/mol. The lowest BCUT2D eigenvalue weighted by molar-refractivity contribution is 0.00706. The quantitative estimate of drug-likeness (QED) is 0.361. The zero-order valence-electron chi connectivity index (χ0n) is 19.2. The number of nitrogens with zero attached hydrogens (tertiary/aromatic N) is 6. The van der Waals surface area contributed by atoms with E-state index in [9.17, 15) is 5.11 Å². The highest BCUT2D eigenvalue weighted by Gasteiger charge is 2.48. The monoisotopic (exact) mass is 517 g/mol. The molecule has 12 heteroatoms. The summed E-state index contributed by atoms with van der Waals surface area (Å²) in [7, 11) is 0. The van der Waals surface area contributed by atoms with Crippen LogP contribution in [0.15, 0.2) is 61.3 Å². The summed E-state index contributed by atoms with van der Waals surface area (Å²) in [6, 6.07) is 13.8. The van der Waals surface area contributed by atoms with Gasteiger partial charge in [0.1, 0.15) is 31.0 Å². The van der Waals surface area contributed by atoms with E-state index in [1.165, 1.54) is 6.33 Å². The molecule has 37 heavy (non-hydrogen) atoms. The summed E-state index contributed by atoms with van der Waals surface area (Å²) in [6.07, 6.45) is 3.14. The van der Waals surface area contributed by atoms with E-state index < -0.39 is 6.10 Å². The molecular weight excluding hydrogens is 498 g/mol. The van der Waals surface area contributed by atoms with E-state index in [2.05, 4.69) is 30.0 Å². The number of aliphatic hydroxyl groups is 1. The number of imidazole rings is 1. The number of halogens is 1. The molecule has 5 aromatic rings. The van der Waals surface area contributed by atoms with Crippen molar-refractivity contribution in [3.63, 3.8) is 0 Å². The van der Waals surface area contributed by atoms with Gasteiger partial charge in [-0.05, 0) is 18.2 Å². The lowest BCUT2D eigenvalue weighted by atomic mass is 10.1. The summed E-state index contributed by atoms with van der Waals surface area (Å²) in [5, 5.41) is 14.5. The van der Waals surface area contributed by atoms with Gasteiger partial charge in [-0.25, -0.2) is 14.6 Å². The number of aromatic nitrogens is 7. The molecule has 0 radical (unpaired) electrons. The van der Waals surface area contributed by atoms with Gasteiger partial charge in [-0.1, -0.05) is 35.9 Å². The average molecular weight is 518 g/mol. The number of nitrogens with one attached hydrogen (secondary N) is 1. The Morgan fingerprint density at radius 1 is 1.03 bits per heavy atom. The van der Waals surface area contributed by atoms with Gasteiger partial charge in [-0.2, -0.15) is 10.1 Å². The van der Waals surface area contributed by atoms with Crippen molar-refractivity contribution in [1.82, 2.24) is 34.7 Å². The van der Waals surface area contributed by atoms with Crippen molar-refractivity contribution < 1.29 is 19.3 Å². The Balaban J connectivity index is 1.11. The zero-order valence-corrected chi connectivity index (χ0v) is 20.0. The number of ether oxygens (including phenoxy) is 3. The van der Waals surface area contributed by atoms with E-state index in [1.54, 1.807) is 23.3 Å². The molecule has 1 aromatic carbocycles. The molecule has 0 bridgehead atoms. The Morgan fingerprint density at radius 3 is 2.65 bits per heavy atom. The topological polar surface area (TPSA) is 133 Å². The number of hydrogen-bond donors (Lipinski definition) is 2. The molecule has 0 aliphatic carbocycles. The van der Waals surface area contributed by atoms with Gasteiger partial charge in [-0.3, -0.25) is 4.98 Å². The number of pyridine rings is 2. The van der Waals surface area contributed by atoms with E-state index in [0.717, 1.165) is 22.5 Å². The Labute approximate surface area is 215 Å². The highest BCUT2D eigenvalue weighted by atomic mass is 35.5. The maximum atomic E-state index is 9.93. The first-order valence-electron chi connectivity index (χ1n) is 11.7. The van der Waals surface area contributed by atoms with Crippen molar-refractivity contribution in [3.05, 3.63) is 66.3 Å². The Bertz CT molecular complexity index is 1560. The van der Waals surface area contributed by atoms with Crippen LogP contribution >= 0.6 is 11.6 Å². The normalized spacial score (nSPS) is 23.0. The Hall–Kier alpha value is -3.90. The Kier molecular flexibility index (Phi) is 5.36. The predicted octanol–water partition coefficient (Wildman–Crippen LogP) is 2.83. The van der Waals surface area contributed by atoms with Gasteiger partial charge in [-0.15, -0.1) is 0 Å². The Morgan fingerprint density at radius 2 is 1.86 bits per heavy atom. The van der Waals surface area contributed by atoms with Gasteiger partial charge in [0.25, 0.3) is 6.01 Å². The average Bonchev–Trinajstić information content (AvgIpc) is 3.71. The fourth-order valence-electron chi connectivity index (χ4n) is 4.68. The molecule has 186 valence electrons. The van der Waals surface area contributed by atoms with Crippen molar-refractivity contribution in [2.75, 3.05) is 13.2 Å². The van der Waals surface area contributed by atoms with Gasteiger partial charge >= 0.3 is 0 Å². The third-order valence-electron chi connectivity index (χ3n) is 6.54. The molecule has 6 heterocycles. The van der Waals surface area contributed by atoms with Gasteiger partial charge < -0.3 is 24.3 Å². The van der Waals surface area contributed by atoms with Gasteiger partial charge in [0, 0.05) is 11.1 Å². The van der Waals surface area contributed by atoms with Crippen LogP contribution in [0.5, 0.6) is 6.01 Å². The van der Waals surface area contributed by atoms with E-state index in [-0.39, 0.29) is 24.9 Å². The molecule has 11 nitrogen and oxygen atoms in total. The highest BCUT2D eigenvalue weighted by Crippen LogP contribution is 2.33. The number of fused-ring (bicyclic) bond motifs is 2. The van der Waals surface area contributed by atoms with Crippen molar-refractivity contribution in [3.8, 4) is 34.2 Å². The molecule has 0 amide bonds. The third kappa shape index (κ3) is 4.02.